The molecular weight excluding hydrogens is 834 g/mol. The van der Waals surface area contributed by atoms with Crippen molar-refractivity contribution in [3.63, 3.8) is 0 Å². The number of pyridine rings is 1. The van der Waals surface area contributed by atoms with Gasteiger partial charge in [-0.1, -0.05) is 61.0 Å². The fourth-order valence-corrected chi connectivity index (χ4v) is 8.75. The summed E-state index contributed by atoms with van der Waals surface area (Å²) in [6.45, 7) is 7.85. The van der Waals surface area contributed by atoms with Gasteiger partial charge < -0.3 is 50.7 Å². The van der Waals surface area contributed by atoms with Crippen molar-refractivity contribution in [1.29, 1.82) is 0 Å². The quantitative estimate of drug-likeness (QED) is 0.105. The van der Waals surface area contributed by atoms with Crippen molar-refractivity contribution in [2.45, 2.75) is 76.0 Å². The van der Waals surface area contributed by atoms with Gasteiger partial charge in [-0.25, -0.2) is 33.7 Å². The Kier molecular flexibility index (Phi) is 15.6. The molecule has 65 heavy (non-hydrogen) atoms. The molecule has 3 atom stereocenters. The number of rotatable bonds is 15. The van der Waals surface area contributed by atoms with Crippen molar-refractivity contribution in [2.75, 3.05) is 80.6 Å². The first kappa shape index (κ1) is 46.4. The molecular formula is C47H60FN11O6. The summed E-state index contributed by atoms with van der Waals surface area (Å²) in [4.78, 5) is 73.1. The molecule has 4 heterocycles. The van der Waals surface area contributed by atoms with Crippen LogP contribution in [0.4, 0.5) is 36.2 Å². The SMILES string of the molecule is CC(C)(Cc1cccc(N2CCN(C(=O)CCNC(=O)N[C@@H]3CCC[C@@H]3c3ccccc3)CC2)n1)OC(=O)N1CCN(c2ncc(NC(=O)NC(CCO)c3ccccc3F)cn2)CC1. The van der Waals surface area contributed by atoms with E-state index in [1.54, 1.807) is 23.1 Å². The average Bonchev–Trinajstić information content (AvgIpc) is 3.77. The lowest BCUT2D eigenvalue weighted by Gasteiger charge is -2.36. The lowest BCUT2D eigenvalue weighted by atomic mass is 9.94. The highest BCUT2D eigenvalue weighted by Crippen LogP contribution is 2.34. The van der Waals surface area contributed by atoms with Crippen LogP contribution in [-0.2, 0) is 16.0 Å². The molecule has 4 aromatic rings. The van der Waals surface area contributed by atoms with E-state index < -0.39 is 29.6 Å². The highest BCUT2D eigenvalue weighted by atomic mass is 19.1. The van der Waals surface area contributed by atoms with Crippen molar-refractivity contribution >= 4 is 41.5 Å². The smallest absolute Gasteiger partial charge is 0.410 e. The molecule has 2 aromatic heterocycles. The fourth-order valence-electron chi connectivity index (χ4n) is 8.75. The normalized spacial score (nSPS) is 18.2. The van der Waals surface area contributed by atoms with E-state index in [0.29, 0.717) is 76.3 Å². The molecule has 346 valence electrons. The topological polar surface area (TPSA) is 197 Å². The van der Waals surface area contributed by atoms with Gasteiger partial charge in [-0.3, -0.25) is 4.79 Å². The minimum absolute atomic E-state index is 0.00716. The number of carbonyl (C=O) groups excluding carboxylic acids is 4. The van der Waals surface area contributed by atoms with E-state index in [-0.39, 0.29) is 49.5 Å². The van der Waals surface area contributed by atoms with Crippen molar-refractivity contribution in [3.8, 4) is 0 Å². The average molecular weight is 894 g/mol. The Morgan fingerprint density at radius 2 is 1.52 bits per heavy atom. The molecule has 6 amide bonds. The van der Waals surface area contributed by atoms with Crippen LogP contribution in [0, 0.1) is 5.82 Å². The number of aliphatic hydroxyl groups is 1. The van der Waals surface area contributed by atoms with Crippen molar-refractivity contribution in [2.24, 2.45) is 0 Å². The number of benzene rings is 2. The van der Waals surface area contributed by atoms with Gasteiger partial charge in [0.1, 0.15) is 17.2 Å². The zero-order valence-corrected chi connectivity index (χ0v) is 37.1. The number of anilines is 3. The molecule has 18 heteroatoms. The van der Waals surface area contributed by atoms with Gasteiger partial charge in [0.05, 0.1) is 24.1 Å². The highest BCUT2D eigenvalue weighted by Gasteiger charge is 2.32. The lowest BCUT2D eigenvalue weighted by Crippen LogP contribution is -2.51. The summed E-state index contributed by atoms with van der Waals surface area (Å²) >= 11 is 0. The summed E-state index contributed by atoms with van der Waals surface area (Å²) in [6, 6.07) is 20.7. The van der Waals surface area contributed by atoms with Crippen LogP contribution in [0.2, 0.25) is 0 Å². The number of halogens is 1. The van der Waals surface area contributed by atoms with Gasteiger partial charge in [0.15, 0.2) is 0 Å². The molecule has 1 aliphatic carbocycles. The van der Waals surface area contributed by atoms with Crippen LogP contribution in [0.5, 0.6) is 0 Å². The lowest BCUT2D eigenvalue weighted by molar-refractivity contribution is -0.131. The molecule has 2 aliphatic heterocycles. The number of aliphatic hydroxyl groups excluding tert-OH is 1. The Hall–Kier alpha value is -6.56. The Labute approximate surface area is 379 Å². The first-order valence-corrected chi connectivity index (χ1v) is 22.5. The predicted octanol–water partition coefficient (Wildman–Crippen LogP) is 5.21. The van der Waals surface area contributed by atoms with E-state index >= 15 is 0 Å². The van der Waals surface area contributed by atoms with Gasteiger partial charge in [-0.05, 0) is 56.9 Å². The summed E-state index contributed by atoms with van der Waals surface area (Å²) in [7, 11) is 0. The first-order chi connectivity index (χ1) is 31.4. The molecule has 17 nitrogen and oxygen atoms in total. The second-order valence-corrected chi connectivity index (χ2v) is 17.3. The van der Waals surface area contributed by atoms with E-state index in [1.807, 2.05) is 60.0 Å². The molecule has 5 N–H and O–H groups in total. The molecule has 1 unspecified atom stereocenters. The number of hydrogen-bond acceptors (Lipinski definition) is 11. The summed E-state index contributed by atoms with van der Waals surface area (Å²) < 4.78 is 20.3. The van der Waals surface area contributed by atoms with Gasteiger partial charge in [0.25, 0.3) is 0 Å². The molecule has 3 fully saturated rings. The van der Waals surface area contributed by atoms with E-state index in [2.05, 4.69) is 48.3 Å². The molecule has 0 spiro atoms. The van der Waals surface area contributed by atoms with Crippen molar-refractivity contribution in [3.05, 3.63) is 108 Å². The van der Waals surface area contributed by atoms with Crippen molar-refractivity contribution in [1.82, 2.24) is 40.7 Å². The standard InChI is InChI=1S/C47H60FN11O6/c1-47(2,65-46(64)59-27-25-58(26-28-59)43-50-31-35(32-51-43)53-45(63)55-40(19-29-60)37-13-6-7-15-38(37)48)30-34-12-8-17-41(52-34)56-21-23-57(24-22-56)42(61)18-20-49-44(62)54-39-16-9-14-36(39)33-10-4-3-5-11-33/h3-8,10-13,15,17,31-32,36,39-40,60H,9,14,16,18-30H2,1-2H3,(H2,49,54,62)(H2,53,55,63)/t36-,39-,40?/m1/s1. The van der Waals surface area contributed by atoms with E-state index in [9.17, 15) is 28.7 Å². The molecule has 1 saturated carbocycles. The van der Waals surface area contributed by atoms with Crippen LogP contribution in [0.1, 0.15) is 74.7 Å². The molecule has 2 aromatic carbocycles. The summed E-state index contributed by atoms with van der Waals surface area (Å²) in [6.07, 6.45) is 6.36. The monoisotopic (exact) mass is 893 g/mol. The van der Waals surface area contributed by atoms with Crippen LogP contribution in [0.15, 0.2) is 85.2 Å². The predicted molar refractivity (Wildman–Crippen MR) is 244 cm³/mol. The van der Waals surface area contributed by atoms with Gasteiger partial charge in [-0.15, -0.1) is 0 Å². The zero-order valence-electron chi connectivity index (χ0n) is 37.1. The number of hydrogen-bond donors (Lipinski definition) is 5. The van der Waals surface area contributed by atoms with Gasteiger partial charge in [0.2, 0.25) is 11.9 Å². The third-order valence-corrected chi connectivity index (χ3v) is 12.1. The Balaban J connectivity index is 0.801. The molecule has 2 saturated heterocycles. The number of nitrogens with one attached hydrogen (secondary N) is 4. The fraction of sp³-hybridized carbons (Fsp3) is 0.468. The minimum Gasteiger partial charge on any atom is -0.443 e. The van der Waals surface area contributed by atoms with Crippen LogP contribution in [-0.4, -0.2) is 131 Å². The maximum atomic E-state index is 14.3. The first-order valence-electron chi connectivity index (χ1n) is 22.5. The second-order valence-electron chi connectivity index (χ2n) is 17.3. The van der Waals surface area contributed by atoms with Gasteiger partial charge in [0, 0.05) is 102 Å². The van der Waals surface area contributed by atoms with Crippen LogP contribution in [0.3, 0.4) is 0 Å². The Morgan fingerprint density at radius 1 is 0.831 bits per heavy atom. The summed E-state index contributed by atoms with van der Waals surface area (Å²) in [5.41, 5.74) is 1.79. The summed E-state index contributed by atoms with van der Waals surface area (Å²) in [5, 5.41) is 20.8. The minimum atomic E-state index is -0.845. The number of ether oxygens (including phenoxy) is 1. The molecule has 7 rings (SSSR count). The Bertz CT molecular complexity index is 2220. The molecule has 0 radical (unpaired) electrons. The number of amides is 6. The third-order valence-electron chi connectivity index (χ3n) is 12.1. The van der Waals surface area contributed by atoms with Gasteiger partial charge >= 0.3 is 18.2 Å². The number of urea groups is 2. The molecule has 0 bridgehead atoms. The van der Waals surface area contributed by atoms with Crippen LogP contribution >= 0.6 is 0 Å². The Morgan fingerprint density at radius 3 is 2.25 bits per heavy atom. The highest BCUT2D eigenvalue weighted by molar-refractivity contribution is 5.89. The maximum Gasteiger partial charge on any atom is 0.410 e. The number of aromatic nitrogens is 3. The maximum absolute atomic E-state index is 14.3. The van der Waals surface area contributed by atoms with Crippen LogP contribution < -0.4 is 31.1 Å². The van der Waals surface area contributed by atoms with Crippen LogP contribution in [0.25, 0.3) is 0 Å². The number of carbonyl (C=O) groups is 4. The van der Waals surface area contributed by atoms with Gasteiger partial charge in [-0.2, -0.15) is 0 Å². The largest absolute Gasteiger partial charge is 0.443 e. The van der Waals surface area contributed by atoms with E-state index in [1.165, 1.54) is 24.0 Å². The number of nitrogens with zero attached hydrogens (tertiary/aromatic N) is 7. The van der Waals surface area contributed by atoms with E-state index in [4.69, 9.17) is 9.72 Å². The third kappa shape index (κ3) is 12.8. The van der Waals surface area contributed by atoms with Crippen molar-refractivity contribution < 1.29 is 33.4 Å². The van der Waals surface area contributed by atoms with E-state index in [0.717, 1.165) is 30.8 Å². The number of piperazine rings is 2. The second kappa shape index (κ2) is 21.9. The summed E-state index contributed by atoms with van der Waals surface area (Å²) in [5.74, 6) is 1.08. The zero-order chi connectivity index (χ0) is 45.8. The molecule has 3 aliphatic rings.